The predicted octanol–water partition coefficient (Wildman–Crippen LogP) is 4.40. The van der Waals surface area contributed by atoms with Crippen LogP contribution in [0.3, 0.4) is 0 Å². The van der Waals surface area contributed by atoms with Gasteiger partial charge >= 0.3 is 6.18 Å². The van der Waals surface area contributed by atoms with Gasteiger partial charge in [-0.25, -0.2) is 9.07 Å². The number of nitrogens with zero attached hydrogens (tertiary/aromatic N) is 3. The summed E-state index contributed by atoms with van der Waals surface area (Å²) in [4.78, 5) is 14.0. The number of benzene rings is 1. The van der Waals surface area contributed by atoms with Gasteiger partial charge in [0.05, 0.1) is 23.5 Å². The highest BCUT2D eigenvalue weighted by atomic mass is 32.1. The normalized spacial score (nSPS) is 19.4. The Bertz CT molecular complexity index is 1060. The van der Waals surface area contributed by atoms with Gasteiger partial charge in [-0.2, -0.15) is 29.6 Å². The Morgan fingerprint density at radius 1 is 1.23 bits per heavy atom. The molecule has 2 aromatic heterocycles. The van der Waals surface area contributed by atoms with Crippen LogP contribution in [-0.2, 0) is 17.5 Å². The van der Waals surface area contributed by atoms with E-state index in [0.717, 1.165) is 22.3 Å². The van der Waals surface area contributed by atoms with Crippen molar-refractivity contribution >= 4 is 17.2 Å². The lowest BCUT2D eigenvalue weighted by atomic mass is 9.95. The minimum absolute atomic E-state index is 0.0298. The number of nitrogens with one attached hydrogen (secondary N) is 1. The first-order valence-corrected chi connectivity index (χ1v) is 10.6. The fraction of sp³-hybridized carbons (Fsp3) is 0.333. The molecule has 0 aliphatic carbocycles. The third-order valence-electron chi connectivity index (χ3n) is 5.50. The van der Waals surface area contributed by atoms with Crippen molar-refractivity contribution in [1.29, 1.82) is 0 Å². The Morgan fingerprint density at radius 2 is 1.97 bits per heavy atom. The SMILES string of the molecule is CN1C(=O)C[C@H](CNCc2cscc2C(F)(F)F)[C@H]1c1cnn(-c2ccc(F)cc2)c1. The van der Waals surface area contributed by atoms with E-state index in [1.165, 1.54) is 17.5 Å². The molecule has 0 radical (unpaired) electrons. The van der Waals surface area contributed by atoms with E-state index in [0.29, 0.717) is 18.7 Å². The van der Waals surface area contributed by atoms with Crippen molar-refractivity contribution in [1.82, 2.24) is 20.0 Å². The number of carbonyl (C=O) groups excluding carboxylic acids is 1. The van der Waals surface area contributed by atoms with Crippen LogP contribution in [0.25, 0.3) is 5.69 Å². The number of aromatic nitrogens is 2. The smallest absolute Gasteiger partial charge is 0.338 e. The lowest BCUT2D eigenvalue weighted by Gasteiger charge is -2.24. The molecule has 0 unspecified atom stereocenters. The number of carbonyl (C=O) groups is 1. The Balaban J connectivity index is 1.47. The zero-order chi connectivity index (χ0) is 22.2. The van der Waals surface area contributed by atoms with Crippen molar-refractivity contribution in [2.24, 2.45) is 5.92 Å². The van der Waals surface area contributed by atoms with Gasteiger partial charge in [0.25, 0.3) is 0 Å². The highest BCUT2D eigenvalue weighted by Crippen LogP contribution is 2.37. The van der Waals surface area contributed by atoms with Crippen molar-refractivity contribution < 1.29 is 22.4 Å². The monoisotopic (exact) mass is 452 g/mol. The molecule has 0 spiro atoms. The number of halogens is 4. The zero-order valence-corrected chi connectivity index (χ0v) is 17.4. The maximum atomic E-state index is 13.2. The molecule has 10 heteroatoms. The number of likely N-dealkylation sites (tertiary alicyclic amines) is 1. The number of hydrogen-bond donors (Lipinski definition) is 1. The van der Waals surface area contributed by atoms with E-state index >= 15 is 0 Å². The summed E-state index contributed by atoms with van der Waals surface area (Å²) in [6.07, 6.45) is -0.624. The average Bonchev–Trinajstić information content (AvgIpc) is 3.43. The van der Waals surface area contributed by atoms with Crippen LogP contribution in [0, 0.1) is 11.7 Å². The first-order chi connectivity index (χ1) is 14.7. The van der Waals surface area contributed by atoms with Crippen molar-refractivity contribution in [3.05, 3.63) is 69.9 Å². The lowest BCUT2D eigenvalue weighted by molar-refractivity contribution is -0.138. The van der Waals surface area contributed by atoms with E-state index in [9.17, 15) is 22.4 Å². The third kappa shape index (κ3) is 4.49. The number of alkyl halides is 3. The second-order valence-electron chi connectivity index (χ2n) is 7.55. The molecule has 3 aromatic rings. The summed E-state index contributed by atoms with van der Waals surface area (Å²) < 4.78 is 53.9. The van der Waals surface area contributed by atoms with E-state index < -0.39 is 11.7 Å². The summed E-state index contributed by atoms with van der Waals surface area (Å²) in [5.41, 5.74) is 1.08. The van der Waals surface area contributed by atoms with Gasteiger partial charge in [-0.1, -0.05) is 0 Å². The molecule has 31 heavy (non-hydrogen) atoms. The molecular weight excluding hydrogens is 432 g/mol. The lowest BCUT2D eigenvalue weighted by Crippen LogP contribution is -2.29. The Kier molecular flexibility index (Phi) is 5.85. The summed E-state index contributed by atoms with van der Waals surface area (Å²) in [7, 11) is 1.71. The summed E-state index contributed by atoms with van der Waals surface area (Å²) in [6, 6.07) is 5.64. The highest BCUT2D eigenvalue weighted by Gasteiger charge is 2.39. The molecule has 1 aromatic carbocycles. The van der Waals surface area contributed by atoms with Crippen molar-refractivity contribution in [2.75, 3.05) is 13.6 Å². The number of rotatable bonds is 6. The third-order valence-corrected chi connectivity index (χ3v) is 6.29. The molecule has 3 heterocycles. The standard InChI is InChI=1S/C21H20F4N4OS/c1-28-19(30)6-13(7-26-8-15-11-31-12-18(15)21(23,24)25)20(28)14-9-27-29(10-14)17-4-2-16(22)3-5-17/h2-5,9-13,20,26H,6-8H2,1H3/t13-,20+/m1/s1. The van der Waals surface area contributed by atoms with Gasteiger partial charge in [-0.05, 0) is 35.2 Å². The van der Waals surface area contributed by atoms with Crippen molar-refractivity contribution in [2.45, 2.75) is 25.2 Å². The molecule has 1 fully saturated rings. The van der Waals surface area contributed by atoms with Gasteiger partial charge in [-0.15, -0.1) is 0 Å². The minimum atomic E-state index is -4.38. The molecule has 5 nitrogen and oxygen atoms in total. The number of hydrogen-bond acceptors (Lipinski definition) is 4. The fourth-order valence-electron chi connectivity index (χ4n) is 3.96. The molecule has 1 saturated heterocycles. The average molecular weight is 452 g/mol. The molecule has 2 atom stereocenters. The van der Waals surface area contributed by atoms with Crippen LogP contribution < -0.4 is 5.32 Å². The Morgan fingerprint density at radius 3 is 2.68 bits per heavy atom. The van der Waals surface area contributed by atoms with Gasteiger partial charge in [0.1, 0.15) is 5.82 Å². The molecule has 1 N–H and O–H groups in total. The van der Waals surface area contributed by atoms with Crippen LogP contribution in [-0.4, -0.2) is 34.2 Å². The maximum Gasteiger partial charge on any atom is 0.417 e. The first-order valence-electron chi connectivity index (χ1n) is 9.63. The molecule has 1 aliphatic rings. The predicted molar refractivity (Wildman–Crippen MR) is 108 cm³/mol. The van der Waals surface area contributed by atoms with Crippen LogP contribution in [0.15, 0.2) is 47.4 Å². The summed E-state index contributed by atoms with van der Waals surface area (Å²) in [5.74, 6) is -0.489. The molecule has 0 bridgehead atoms. The zero-order valence-electron chi connectivity index (χ0n) is 16.6. The molecule has 4 rings (SSSR count). The van der Waals surface area contributed by atoms with Crippen LogP contribution in [0.5, 0.6) is 0 Å². The van der Waals surface area contributed by atoms with Gasteiger partial charge in [0, 0.05) is 49.6 Å². The number of amides is 1. The molecule has 1 aliphatic heterocycles. The van der Waals surface area contributed by atoms with E-state index in [1.807, 2.05) is 0 Å². The first kappa shape index (κ1) is 21.5. The van der Waals surface area contributed by atoms with Crippen molar-refractivity contribution in [3.8, 4) is 5.69 Å². The Hall–Kier alpha value is -2.72. The minimum Gasteiger partial charge on any atom is -0.338 e. The molecular formula is C21H20F4N4OS. The van der Waals surface area contributed by atoms with E-state index in [1.54, 1.807) is 41.2 Å². The second kappa shape index (κ2) is 8.43. The van der Waals surface area contributed by atoms with E-state index in [-0.39, 0.29) is 35.8 Å². The summed E-state index contributed by atoms with van der Waals surface area (Å²) in [5, 5.41) is 10.0. The van der Waals surface area contributed by atoms with E-state index in [2.05, 4.69) is 10.4 Å². The largest absolute Gasteiger partial charge is 0.417 e. The molecule has 0 saturated carbocycles. The van der Waals surface area contributed by atoms with Crippen LogP contribution in [0.4, 0.5) is 17.6 Å². The molecule has 164 valence electrons. The van der Waals surface area contributed by atoms with Crippen LogP contribution in [0.1, 0.15) is 29.2 Å². The quantitative estimate of drug-likeness (QED) is 0.564. The van der Waals surface area contributed by atoms with Crippen molar-refractivity contribution in [3.63, 3.8) is 0 Å². The van der Waals surface area contributed by atoms with Gasteiger partial charge < -0.3 is 10.2 Å². The second-order valence-corrected chi connectivity index (χ2v) is 8.29. The topological polar surface area (TPSA) is 50.2 Å². The maximum absolute atomic E-state index is 13.2. The molecule has 1 amide bonds. The van der Waals surface area contributed by atoms with Gasteiger partial charge in [0.2, 0.25) is 5.91 Å². The van der Waals surface area contributed by atoms with Gasteiger partial charge in [0.15, 0.2) is 0 Å². The highest BCUT2D eigenvalue weighted by molar-refractivity contribution is 7.08. The van der Waals surface area contributed by atoms with Crippen LogP contribution in [0.2, 0.25) is 0 Å². The van der Waals surface area contributed by atoms with Gasteiger partial charge in [-0.3, -0.25) is 4.79 Å². The number of thiophene rings is 1. The van der Waals surface area contributed by atoms with Crippen LogP contribution >= 0.6 is 11.3 Å². The Labute approximate surface area is 180 Å². The summed E-state index contributed by atoms with van der Waals surface area (Å²) in [6.45, 7) is 0.462. The summed E-state index contributed by atoms with van der Waals surface area (Å²) >= 11 is 1.02. The fourth-order valence-corrected chi connectivity index (χ4v) is 4.82. The van der Waals surface area contributed by atoms with E-state index in [4.69, 9.17) is 0 Å².